The summed E-state index contributed by atoms with van der Waals surface area (Å²) in [4.78, 5) is 4.31. The van der Waals surface area contributed by atoms with E-state index >= 15 is 0 Å². The summed E-state index contributed by atoms with van der Waals surface area (Å²) in [7, 11) is -3.67. The van der Waals surface area contributed by atoms with E-state index in [-0.39, 0.29) is 0 Å². The lowest BCUT2D eigenvalue weighted by atomic mass is 10.1. The number of benzene rings is 2. The standard InChI is InChI=1S/C19H12N2.CH4O3S/c1-2-7-17-13(4-1)8-9-14-5-3-6-15-16-12-20-11-10-18(16)21(17)19(14)15;1-5(2,3)4/h1-12H;1H3,(H,2,3,4). The van der Waals surface area contributed by atoms with E-state index < -0.39 is 10.1 Å². The summed E-state index contributed by atoms with van der Waals surface area (Å²) in [5, 5.41) is 2.47. The first-order valence-corrected chi connectivity index (χ1v) is 9.85. The van der Waals surface area contributed by atoms with E-state index in [2.05, 4.69) is 70.2 Å². The molecule has 0 unspecified atom stereocenters. The van der Waals surface area contributed by atoms with E-state index in [0.717, 1.165) is 0 Å². The molecule has 0 amide bonds. The molecule has 5 nitrogen and oxygen atoms in total. The largest absolute Gasteiger partial charge is 0.308 e. The fourth-order valence-corrected chi connectivity index (χ4v) is 3.33. The van der Waals surface area contributed by atoms with Crippen LogP contribution < -0.4 is 0 Å². The van der Waals surface area contributed by atoms with Gasteiger partial charge in [0.2, 0.25) is 0 Å². The van der Waals surface area contributed by atoms with Crippen LogP contribution in [0.5, 0.6) is 0 Å². The number of hydrogen-bond donors (Lipinski definition) is 1. The molecule has 5 rings (SSSR count). The Bertz CT molecular complexity index is 1260. The van der Waals surface area contributed by atoms with Crippen molar-refractivity contribution < 1.29 is 13.0 Å². The fourth-order valence-electron chi connectivity index (χ4n) is 3.33. The van der Waals surface area contributed by atoms with Crippen LogP contribution in [0.15, 0.2) is 60.9 Å². The Morgan fingerprint density at radius 2 is 1.62 bits per heavy atom. The van der Waals surface area contributed by atoms with E-state index in [1.165, 1.54) is 38.6 Å². The lowest BCUT2D eigenvalue weighted by Gasteiger charge is -2.10. The highest BCUT2D eigenvalue weighted by Gasteiger charge is 2.17. The lowest BCUT2D eigenvalue weighted by molar-refractivity contribution is 0.490. The molecule has 0 fully saturated rings. The molecule has 4 aromatic rings. The molecule has 2 aromatic heterocycles. The predicted molar refractivity (Wildman–Crippen MR) is 105 cm³/mol. The van der Waals surface area contributed by atoms with Gasteiger partial charge in [-0.3, -0.25) is 9.54 Å². The van der Waals surface area contributed by atoms with Crippen LogP contribution in [0, 0.1) is 0 Å². The van der Waals surface area contributed by atoms with Crippen molar-refractivity contribution in [2.24, 2.45) is 0 Å². The Labute approximate surface area is 151 Å². The fraction of sp³-hybridized carbons (Fsp3) is 0.0500. The van der Waals surface area contributed by atoms with Crippen LogP contribution in [-0.4, -0.2) is 28.8 Å². The molecule has 1 aliphatic heterocycles. The highest BCUT2D eigenvalue weighted by atomic mass is 32.2. The van der Waals surface area contributed by atoms with Gasteiger partial charge >= 0.3 is 0 Å². The summed E-state index contributed by atoms with van der Waals surface area (Å²) in [6, 6.07) is 17.1. The number of hydrogen-bond acceptors (Lipinski definition) is 3. The molecule has 2 aromatic carbocycles. The lowest BCUT2D eigenvalue weighted by Crippen LogP contribution is -1.96. The monoisotopic (exact) mass is 364 g/mol. The minimum atomic E-state index is -3.67. The van der Waals surface area contributed by atoms with Crippen molar-refractivity contribution in [3.8, 4) is 5.69 Å². The van der Waals surface area contributed by atoms with Gasteiger partial charge in [0.25, 0.3) is 10.1 Å². The van der Waals surface area contributed by atoms with Gasteiger partial charge in [0.15, 0.2) is 0 Å². The maximum atomic E-state index is 9.19. The topological polar surface area (TPSA) is 72.2 Å². The highest BCUT2D eigenvalue weighted by molar-refractivity contribution is 7.85. The Balaban J connectivity index is 0.000000301. The van der Waals surface area contributed by atoms with Crippen LogP contribution in [0.3, 0.4) is 0 Å². The summed E-state index contributed by atoms with van der Waals surface area (Å²) in [6.07, 6.45) is 8.95. The molecule has 0 radical (unpaired) electrons. The second-order valence-corrected chi connectivity index (χ2v) is 7.56. The second-order valence-electron chi connectivity index (χ2n) is 6.10. The van der Waals surface area contributed by atoms with E-state index in [1.807, 2.05) is 12.4 Å². The van der Waals surface area contributed by atoms with E-state index in [0.29, 0.717) is 6.26 Å². The third-order valence-electron chi connectivity index (χ3n) is 4.24. The Morgan fingerprint density at radius 3 is 2.42 bits per heavy atom. The van der Waals surface area contributed by atoms with Gasteiger partial charge < -0.3 is 4.57 Å². The maximum absolute atomic E-state index is 9.19. The zero-order valence-electron chi connectivity index (χ0n) is 14.0. The van der Waals surface area contributed by atoms with Crippen molar-refractivity contribution >= 4 is 44.1 Å². The molecule has 1 N–H and O–H groups in total. The zero-order valence-corrected chi connectivity index (χ0v) is 14.8. The van der Waals surface area contributed by atoms with Crippen LogP contribution >= 0.6 is 0 Å². The number of para-hydroxylation sites is 2. The van der Waals surface area contributed by atoms with Crippen LogP contribution in [0.4, 0.5) is 0 Å². The molecule has 26 heavy (non-hydrogen) atoms. The summed E-state index contributed by atoms with van der Waals surface area (Å²) in [5.41, 5.74) is 6.19. The number of rotatable bonds is 0. The number of fused-ring (bicyclic) bond motifs is 5. The van der Waals surface area contributed by atoms with Crippen LogP contribution in [-0.2, 0) is 10.1 Å². The van der Waals surface area contributed by atoms with Crippen molar-refractivity contribution in [1.29, 1.82) is 0 Å². The summed E-state index contributed by atoms with van der Waals surface area (Å²) < 4.78 is 28.2. The molecular weight excluding hydrogens is 348 g/mol. The number of aromatic nitrogens is 2. The van der Waals surface area contributed by atoms with Gasteiger partial charge in [0.1, 0.15) is 0 Å². The van der Waals surface area contributed by atoms with Crippen LogP contribution in [0.25, 0.3) is 39.6 Å². The Hall–Kier alpha value is -2.96. The maximum Gasteiger partial charge on any atom is 0.261 e. The van der Waals surface area contributed by atoms with Crippen molar-refractivity contribution in [2.75, 3.05) is 6.26 Å². The zero-order chi connectivity index (χ0) is 18.3. The van der Waals surface area contributed by atoms with Gasteiger partial charge in [0.05, 0.1) is 23.0 Å². The molecule has 1 aliphatic rings. The minimum Gasteiger partial charge on any atom is -0.308 e. The summed E-state index contributed by atoms with van der Waals surface area (Å²) in [5.74, 6) is 0. The van der Waals surface area contributed by atoms with Gasteiger partial charge in [-0.25, -0.2) is 0 Å². The van der Waals surface area contributed by atoms with Gasteiger partial charge in [-0.15, -0.1) is 0 Å². The Morgan fingerprint density at radius 1 is 0.923 bits per heavy atom. The van der Waals surface area contributed by atoms with Gasteiger partial charge in [-0.05, 0) is 23.3 Å². The van der Waals surface area contributed by atoms with E-state index in [1.54, 1.807) is 0 Å². The average Bonchev–Trinajstić information content (AvgIpc) is 2.83. The summed E-state index contributed by atoms with van der Waals surface area (Å²) >= 11 is 0. The van der Waals surface area contributed by atoms with Crippen molar-refractivity contribution in [2.45, 2.75) is 0 Å². The normalized spacial score (nSPS) is 12.4. The number of nitrogens with zero attached hydrogens (tertiary/aromatic N) is 2. The predicted octanol–water partition coefficient (Wildman–Crippen LogP) is 4.17. The van der Waals surface area contributed by atoms with E-state index in [4.69, 9.17) is 4.55 Å². The van der Waals surface area contributed by atoms with Gasteiger partial charge in [-0.1, -0.05) is 48.6 Å². The van der Waals surface area contributed by atoms with Crippen molar-refractivity contribution in [3.05, 3.63) is 72.1 Å². The molecular formula is C20H16N2O3S. The molecule has 0 saturated heterocycles. The summed E-state index contributed by atoms with van der Waals surface area (Å²) in [6.45, 7) is 0. The minimum absolute atomic E-state index is 0.715. The first-order valence-electron chi connectivity index (χ1n) is 8.00. The molecule has 0 spiro atoms. The smallest absolute Gasteiger partial charge is 0.261 e. The van der Waals surface area contributed by atoms with Crippen molar-refractivity contribution in [3.63, 3.8) is 0 Å². The first kappa shape index (κ1) is 16.5. The molecule has 6 heteroatoms. The van der Waals surface area contributed by atoms with E-state index in [9.17, 15) is 8.42 Å². The van der Waals surface area contributed by atoms with Gasteiger partial charge in [-0.2, -0.15) is 8.42 Å². The van der Waals surface area contributed by atoms with Gasteiger partial charge in [0, 0.05) is 23.2 Å². The molecule has 0 aliphatic carbocycles. The van der Waals surface area contributed by atoms with Crippen molar-refractivity contribution in [1.82, 2.24) is 9.55 Å². The first-order chi connectivity index (χ1) is 12.4. The molecule has 0 bridgehead atoms. The van der Waals surface area contributed by atoms with Crippen LogP contribution in [0.2, 0.25) is 0 Å². The third-order valence-corrected chi connectivity index (χ3v) is 4.24. The molecule has 0 saturated carbocycles. The van der Waals surface area contributed by atoms with Crippen LogP contribution in [0.1, 0.15) is 11.1 Å². The quantitative estimate of drug-likeness (QED) is 0.419. The average molecular weight is 364 g/mol. The second kappa shape index (κ2) is 6.09. The highest BCUT2D eigenvalue weighted by Crippen LogP contribution is 2.37. The molecule has 0 atom stereocenters. The molecule has 130 valence electrons. The molecule has 3 heterocycles. The third kappa shape index (κ3) is 2.89. The number of pyridine rings is 1. The Kier molecular flexibility index (Phi) is 3.86. The SMILES string of the molecule is C1=Cc2cccc3c4cnccc4n(c23)-c2ccccc21.CS(=O)(=O)O.